The van der Waals surface area contributed by atoms with Gasteiger partial charge in [0, 0.05) is 18.7 Å². The molecule has 3 aromatic rings. The number of carbonyl (C=O) groups is 1. The van der Waals surface area contributed by atoms with Gasteiger partial charge in [0.05, 0.1) is 12.7 Å². The summed E-state index contributed by atoms with van der Waals surface area (Å²) in [6.07, 6.45) is 1.67. The number of aromatic nitrogens is 1. The van der Waals surface area contributed by atoms with Crippen LogP contribution in [0.1, 0.15) is 30.9 Å². The molecule has 0 aliphatic heterocycles. The quantitative estimate of drug-likeness (QED) is 0.573. The zero-order valence-corrected chi connectivity index (χ0v) is 17.0. The number of carbonyl (C=O) groups excluding carboxylic acids is 1. The van der Waals surface area contributed by atoms with Gasteiger partial charge in [-0.05, 0) is 24.2 Å². The molecule has 0 unspecified atom stereocenters. The standard InChI is InChI=1S/C23H28N4O2/c1-3-27(4-2)17-19-12-10-18(11-13-19)14-25-23(28)26-16-22-24-15-21(29-22)20-8-6-5-7-9-20/h5-13,15H,3-4,14,16-17H2,1-2H3,(H2,25,26,28). The summed E-state index contributed by atoms with van der Waals surface area (Å²) >= 11 is 0. The van der Waals surface area contributed by atoms with E-state index in [2.05, 4.69) is 58.6 Å². The van der Waals surface area contributed by atoms with Gasteiger partial charge >= 0.3 is 6.03 Å². The van der Waals surface area contributed by atoms with E-state index in [0.29, 0.717) is 18.2 Å². The molecular formula is C23H28N4O2. The third-order valence-corrected chi connectivity index (χ3v) is 4.79. The van der Waals surface area contributed by atoms with Crippen LogP contribution in [0.25, 0.3) is 11.3 Å². The predicted molar refractivity (Wildman–Crippen MR) is 114 cm³/mol. The number of oxazole rings is 1. The van der Waals surface area contributed by atoms with E-state index in [-0.39, 0.29) is 12.6 Å². The van der Waals surface area contributed by atoms with Gasteiger partial charge in [0.25, 0.3) is 0 Å². The van der Waals surface area contributed by atoms with Crippen molar-refractivity contribution >= 4 is 6.03 Å². The minimum atomic E-state index is -0.253. The summed E-state index contributed by atoms with van der Waals surface area (Å²) < 4.78 is 5.69. The maximum Gasteiger partial charge on any atom is 0.315 e. The largest absolute Gasteiger partial charge is 0.439 e. The molecule has 6 nitrogen and oxygen atoms in total. The first-order valence-corrected chi connectivity index (χ1v) is 10.00. The summed E-state index contributed by atoms with van der Waals surface area (Å²) in [6, 6.07) is 17.8. The highest BCUT2D eigenvalue weighted by molar-refractivity contribution is 5.73. The van der Waals surface area contributed by atoms with Crippen LogP contribution >= 0.6 is 0 Å². The molecule has 1 heterocycles. The smallest absolute Gasteiger partial charge is 0.315 e. The van der Waals surface area contributed by atoms with Crippen molar-refractivity contribution in [2.75, 3.05) is 13.1 Å². The van der Waals surface area contributed by atoms with Gasteiger partial charge in [0.1, 0.15) is 0 Å². The van der Waals surface area contributed by atoms with Crippen molar-refractivity contribution in [2.24, 2.45) is 0 Å². The Morgan fingerprint density at radius 2 is 1.59 bits per heavy atom. The summed E-state index contributed by atoms with van der Waals surface area (Å²) in [5, 5.41) is 5.63. The molecule has 2 N–H and O–H groups in total. The molecule has 6 heteroatoms. The molecule has 0 atom stereocenters. The molecule has 29 heavy (non-hydrogen) atoms. The molecule has 3 rings (SSSR count). The highest BCUT2D eigenvalue weighted by atomic mass is 16.4. The van der Waals surface area contributed by atoms with Crippen LogP contribution in [0.15, 0.2) is 65.2 Å². The van der Waals surface area contributed by atoms with Crippen molar-refractivity contribution in [3.63, 3.8) is 0 Å². The van der Waals surface area contributed by atoms with Crippen molar-refractivity contribution in [1.29, 1.82) is 0 Å². The maximum atomic E-state index is 12.1. The van der Waals surface area contributed by atoms with Crippen LogP contribution < -0.4 is 10.6 Å². The Morgan fingerprint density at radius 3 is 2.28 bits per heavy atom. The molecule has 152 valence electrons. The van der Waals surface area contributed by atoms with Gasteiger partial charge in [-0.3, -0.25) is 4.90 Å². The Morgan fingerprint density at radius 1 is 0.931 bits per heavy atom. The van der Waals surface area contributed by atoms with Gasteiger partial charge < -0.3 is 15.1 Å². The van der Waals surface area contributed by atoms with Crippen LogP contribution in [-0.4, -0.2) is 29.0 Å². The third-order valence-electron chi connectivity index (χ3n) is 4.79. The highest BCUT2D eigenvalue weighted by Crippen LogP contribution is 2.19. The number of hydrogen-bond acceptors (Lipinski definition) is 4. The second-order valence-corrected chi connectivity index (χ2v) is 6.80. The molecule has 0 spiro atoms. The molecule has 0 fully saturated rings. The van der Waals surface area contributed by atoms with Crippen LogP contribution in [0, 0.1) is 0 Å². The van der Waals surface area contributed by atoms with E-state index in [1.54, 1.807) is 6.20 Å². The second kappa shape index (κ2) is 10.4. The van der Waals surface area contributed by atoms with Crippen LogP contribution in [0.4, 0.5) is 4.79 Å². The zero-order valence-electron chi connectivity index (χ0n) is 17.0. The van der Waals surface area contributed by atoms with Crippen LogP contribution in [0.3, 0.4) is 0 Å². The highest BCUT2D eigenvalue weighted by Gasteiger charge is 2.08. The van der Waals surface area contributed by atoms with Gasteiger partial charge in [-0.2, -0.15) is 0 Å². The lowest BCUT2D eigenvalue weighted by atomic mass is 10.1. The molecule has 0 bridgehead atoms. The molecule has 0 radical (unpaired) electrons. The predicted octanol–water partition coefficient (Wildman–Crippen LogP) is 4.18. The van der Waals surface area contributed by atoms with Crippen molar-refractivity contribution in [3.05, 3.63) is 77.8 Å². The minimum Gasteiger partial charge on any atom is -0.439 e. The molecule has 1 aromatic heterocycles. The van der Waals surface area contributed by atoms with Crippen molar-refractivity contribution in [3.8, 4) is 11.3 Å². The Kier molecular flexibility index (Phi) is 7.41. The number of benzene rings is 2. The van der Waals surface area contributed by atoms with Crippen molar-refractivity contribution in [2.45, 2.75) is 33.5 Å². The van der Waals surface area contributed by atoms with E-state index in [9.17, 15) is 4.79 Å². The molecule has 0 saturated carbocycles. The van der Waals surface area contributed by atoms with E-state index < -0.39 is 0 Å². The van der Waals surface area contributed by atoms with Crippen molar-refractivity contribution < 1.29 is 9.21 Å². The first kappa shape index (κ1) is 20.6. The lowest BCUT2D eigenvalue weighted by Crippen LogP contribution is -2.34. The van der Waals surface area contributed by atoms with E-state index >= 15 is 0 Å². The van der Waals surface area contributed by atoms with E-state index in [4.69, 9.17) is 4.42 Å². The number of rotatable bonds is 9. The molecular weight excluding hydrogens is 364 g/mol. The van der Waals surface area contributed by atoms with Gasteiger partial charge in [-0.1, -0.05) is 68.4 Å². The SMILES string of the molecule is CCN(CC)Cc1ccc(CNC(=O)NCc2ncc(-c3ccccc3)o2)cc1. The van der Waals surface area contributed by atoms with E-state index in [0.717, 1.165) is 30.8 Å². The van der Waals surface area contributed by atoms with Gasteiger partial charge in [0.2, 0.25) is 5.89 Å². The van der Waals surface area contributed by atoms with E-state index in [1.807, 2.05) is 30.3 Å². The van der Waals surface area contributed by atoms with Gasteiger partial charge in [-0.15, -0.1) is 0 Å². The summed E-state index contributed by atoms with van der Waals surface area (Å²) in [5.41, 5.74) is 3.30. The number of hydrogen-bond donors (Lipinski definition) is 2. The summed E-state index contributed by atoms with van der Waals surface area (Å²) in [4.78, 5) is 18.6. The van der Waals surface area contributed by atoms with E-state index in [1.165, 1.54) is 5.56 Å². The molecule has 0 aliphatic carbocycles. The minimum absolute atomic E-state index is 0.238. The average Bonchev–Trinajstić information content (AvgIpc) is 3.25. The average molecular weight is 393 g/mol. The Hall–Kier alpha value is -3.12. The molecule has 2 amide bonds. The third kappa shape index (κ3) is 6.19. The fourth-order valence-electron chi connectivity index (χ4n) is 3.00. The molecule has 0 saturated heterocycles. The number of amides is 2. The maximum absolute atomic E-state index is 12.1. The number of nitrogens with one attached hydrogen (secondary N) is 2. The van der Waals surface area contributed by atoms with Crippen LogP contribution in [0.5, 0.6) is 0 Å². The number of urea groups is 1. The van der Waals surface area contributed by atoms with Gasteiger partial charge in [-0.25, -0.2) is 9.78 Å². The monoisotopic (exact) mass is 392 g/mol. The van der Waals surface area contributed by atoms with Gasteiger partial charge in [0.15, 0.2) is 5.76 Å². The fraction of sp³-hybridized carbons (Fsp3) is 0.304. The normalized spacial score (nSPS) is 10.9. The summed E-state index contributed by atoms with van der Waals surface area (Å²) in [7, 11) is 0. The Labute approximate surface area is 172 Å². The second-order valence-electron chi connectivity index (χ2n) is 6.80. The van der Waals surface area contributed by atoms with Crippen LogP contribution in [-0.2, 0) is 19.6 Å². The fourth-order valence-corrected chi connectivity index (χ4v) is 3.00. The Bertz CT molecular complexity index is 887. The first-order valence-electron chi connectivity index (χ1n) is 10.00. The lowest BCUT2D eigenvalue weighted by molar-refractivity contribution is 0.239. The first-order chi connectivity index (χ1) is 14.2. The molecule has 2 aromatic carbocycles. The summed E-state index contributed by atoms with van der Waals surface area (Å²) in [5.74, 6) is 1.16. The number of nitrogens with zero attached hydrogens (tertiary/aromatic N) is 2. The Balaban J connectivity index is 1.43. The zero-order chi connectivity index (χ0) is 20.5. The lowest BCUT2D eigenvalue weighted by Gasteiger charge is -2.18. The summed E-state index contributed by atoms with van der Waals surface area (Å²) in [6.45, 7) is 8.07. The molecule has 0 aliphatic rings. The topological polar surface area (TPSA) is 70.4 Å². The van der Waals surface area contributed by atoms with Crippen LogP contribution in [0.2, 0.25) is 0 Å². The van der Waals surface area contributed by atoms with Crippen molar-refractivity contribution in [1.82, 2.24) is 20.5 Å².